The number of rotatable bonds is 12. The second kappa shape index (κ2) is 14.2. The fourth-order valence-electron chi connectivity index (χ4n) is 3.65. The van der Waals surface area contributed by atoms with Gasteiger partial charge in [0.2, 0.25) is 0 Å². The van der Waals surface area contributed by atoms with Gasteiger partial charge in [-0.3, -0.25) is 4.79 Å². The lowest BCUT2D eigenvalue weighted by Crippen LogP contribution is -2.24. The van der Waals surface area contributed by atoms with Crippen molar-refractivity contribution in [3.8, 4) is 34.1 Å². The molecule has 0 radical (unpaired) electrons. The number of benzene rings is 4. The van der Waals surface area contributed by atoms with Crippen molar-refractivity contribution in [2.45, 2.75) is 13.3 Å². The summed E-state index contributed by atoms with van der Waals surface area (Å²) in [5, 5.41) is 3.97. The van der Waals surface area contributed by atoms with E-state index < -0.39 is 11.9 Å². The molecular weight excluding hydrogens is 508 g/mol. The highest BCUT2D eigenvalue weighted by atomic mass is 16.6. The number of hydrazone groups is 1. The molecule has 4 aromatic rings. The minimum Gasteiger partial charge on any atom is -0.494 e. The van der Waals surface area contributed by atoms with Gasteiger partial charge in [0.05, 0.1) is 25.5 Å². The van der Waals surface area contributed by atoms with Gasteiger partial charge >= 0.3 is 5.97 Å². The molecule has 0 heterocycles. The Balaban J connectivity index is 1.27. The van der Waals surface area contributed by atoms with E-state index in [1.54, 1.807) is 42.5 Å². The number of hydrogen-bond acceptors (Lipinski definition) is 7. The van der Waals surface area contributed by atoms with E-state index in [2.05, 4.69) is 10.5 Å². The maximum absolute atomic E-state index is 12.6. The highest BCUT2D eigenvalue weighted by Crippen LogP contribution is 2.28. The predicted octanol–water partition coefficient (Wildman–Crippen LogP) is 5.90. The molecule has 0 saturated carbocycles. The van der Waals surface area contributed by atoms with Crippen LogP contribution < -0.4 is 24.4 Å². The van der Waals surface area contributed by atoms with E-state index in [1.807, 2.05) is 61.5 Å². The molecule has 0 atom stereocenters. The number of carbonyl (C=O) groups excluding carboxylic acids is 2. The number of nitrogens with zero attached hydrogens (tertiary/aromatic N) is 1. The first-order valence-electron chi connectivity index (χ1n) is 12.8. The Morgan fingerprint density at radius 2 is 1.48 bits per heavy atom. The fourth-order valence-corrected chi connectivity index (χ4v) is 3.65. The highest BCUT2D eigenvalue weighted by Gasteiger charge is 2.13. The Hall–Kier alpha value is -5.11. The summed E-state index contributed by atoms with van der Waals surface area (Å²) in [7, 11) is 1.47. The van der Waals surface area contributed by atoms with Crippen LogP contribution in [0.5, 0.6) is 23.0 Å². The highest BCUT2D eigenvalue weighted by molar-refractivity contribution is 5.92. The van der Waals surface area contributed by atoms with Gasteiger partial charge < -0.3 is 18.9 Å². The zero-order valence-corrected chi connectivity index (χ0v) is 22.3. The normalized spacial score (nSPS) is 10.7. The molecule has 0 aromatic heterocycles. The summed E-state index contributed by atoms with van der Waals surface area (Å²) in [6.45, 7) is 2.44. The number of hydrogen-bond donors (Lipinski definition) is 1. The van der Waals surface area contributed by atoms with E-state index >= 15 is 0 Å². The monoisotopic (exact) mass is 538 g/mol. The summed E-state index contributed by atoms with van der Waals surface area (Å²) in [5.74, 6) is 0.932. The second-order valence-electron chi connectivity index (χ2n) is 8.64. The zero-order chi connectivity index (χ0) is 28.2. The van der Waals surface area contributed by atoms with Gasteiger partial charge in [-0.25, -0.2) is 10.2 Å². The minimum absolute atomic E-state index is 0.189. The van der Waals surface area contributed by atoms with Crippen molar-refractivity contribution in [3.05, 3.63) is 108 Å². The maximum Gasteiger partial charge on any atom is 0.343 e. The van der Waals surface area contributed by atoms with E-state index in [0.717, 1.165) is 17.5 Å². The molecule has 0 aliphatic rings. The van der Waals surface area contributed by atoms with E-state index in [0.29, 0.717) is 35.0 Å². The van der Waals surface area contributed by atoms with Crippen LogP contribution >= 0.6 is 0 Å². The van der Waals surface area contributed by atoms with E-state index in [1.165, 1.54) is 13.3 Å². The lowest BCUT2D eigenvalue weighted by molar-refractivity contribution is -0.123. The Morgan fingerprint density at radius 1 is 0.800 bits per heavy atom. The molecule has 8 nitrogen and oxygen atoms in total. The molecule has 8 heteroatoms. The molecule has 4 rings (SSSR count). The molecule has 0 aliphatic heterocycles. The average Bonchev–Trinajstić information content (AvgIpc) is 3.00. The Labute approximate surface area is 233 Å². The Morgan fingerprint density at radius 3 is 2.17 bits per heavy atom. The summed E-state index contributed by atoms with van der Waals surface area (Å²) in [6, 6.07) is 29.2. The molecular formula is C32H30N2O6. The first-order chi connectivity index (χ1) is 19.6. The van der Waals surface area contributed by atoms with Gasteiger partial charge in [0.25, 0.3) is 5.91 Å². The first-order valence-corrected chi connectivity index (χ1v) is 12.8. The van der Waals surface area contributed by atoms with Crippen molar-refractivity contribution in [3.63, 3.8) is 0 Å². The molecule has 0 aliphatic carbocycles. The number of ether oxygens (including phenoxy) is 4. The van der Waals surface area contributed by atoms with Crippen molar-refractivity contribution >= 4 is 18.1 Å². The van der Waals surface area contributed by atoms with Gasteiger partial charge in [0, 0.05) is 0 Å². The van der Waals surface area contributed by atoms with Crippen LogP contribution in [0.25, 0.3) is 11.1 Å². The Kier molecular flexibility index (Phi) is 9.88. The summed E-state index contributed by atoms with van der Waals surface area (Å²) >= 11 is 0. The molecule has 40 heavy (non-hydrogen) atoms. The molecule has 4 aromatic carbocycles. The smallest absolute Gasteiger partial charge is 0.343 e. The van der Waals surface area contributed by atoms with Crippen LogP contribution in [-0.2, 0) is 4.79 Å². The van der Waals surface area contributed by atoms with Crippen molar-refractivity contribution in [1.82, 2.24) is 5.43 Å². The van der Waals surface area contributed by atoms with Crippen LogP contribution in [0.2, 0.25) is 0 Å². The Bertz CT molecular complexity index is 1430. The molecule has 204 valence electrons. The first kappa shape index (κ1) is 27.9. The van der Waals surface area contributed by atoms with E-state index in [4.69, 9.17) is 18.9 Å². The van der Waals surface area contributed by atoms with Crippen LogP contribution in [0.3, 0.4) is 0 Å². The van der Waals surface area contributed by atoms with Crippen LogP contribution in [0.4, 0.5) is 0 Å². The lowest BCUT2D eigenvalue weighted by atomic mass is 10.1. The molecule has 0 unspecified atom stereocenters. The van der Waals surface area contributed by atoms with Gasteiger partial charge in [-0.2, -0.15) is 5.10 Å². The third-order valence-corrected chi connectivity index (χ3v) is 5.69. The average molecular weight is 539 g/mol. The maximum atomic E-state index is 12.6. The van der Waals surface area contributed by atoms with Gasteiger partial charge in [-0.1, -0.05) is 49.4 Å². The fraction of sp³-hybridized carbons (Fsp3) is 0.156. The molecule has 0 spiro atoms. The third-order valence-electron chi connectivity index (χ3n) is 5.69. The lowest BCUT2D eigenvalue weighted by Gasteiger charge is -2.10. The summed E-state index contributed by atoms with van der Waals surface area (Å²) in [5.41, 5.74) is 5.61. The van der Waals surface area contributed by atoms with Crippen molar-refractivity contribution in [2.75, 3.05) is 20.3 Å². The molecule has 1 N–H and O–H groups in total. The quantitative estimate of drug-likeness (QED) is 0.104. The van der Waals surface area contributed by atoms with Gasteiger partial charge in [-0.15, -0.1) is 0 Å². The second-order valence-corrected chi connectivity index (χ2v) is 8.64. The van der Waals surface area contributed by atoms with Crippen LogP contribution in [0.1, 0.15) is 29.3 Å². The topological polar surface area (TPSA) is 95.5 Å². The number of nitrogens with one attached hydrogen (secondary N) is 1. The van der Waals surface area contributed by atoms with Gasteiger partial charge in [0.15, 0.2) is 18.1 Å². The van der Waals surface area contributed by atoms with E-state index in [9.17, 15) is 9.59 Å². The molecule has 1 amide bonds. The largest absolute Gasteiger partial charge is 0.494 e. The third kappa shape index (κ3) is 7.94. The van der Waals surface area contributed by atoms with E-state index in [-0.39, 0.29) is 12.4 Å². The van der Waals surface area contributed by atoms with Crippen molar-refractivity contribution in [1.29, 1.82) is 0 Å². The molecule has 0 bridgehead atoms. The van der Waals surface area contributed by atoms with Crippen LogP contribution in [0.15, 0.2) is 102 Å². The standard InChI is InChI=1S/C32H30N2O6/c1-3-19-38-27-16-12-26(13-17-27)32(36)40-29-18-9-23(20-30(29)37-2)21-33-34-31(35)22-39-28-14-10-25(11-15-28)24-7-5-4-6-8-24/h4-18,20-21H,3,19,22H2,1-2H3,(H,34,35)/b33-21+. The van der Waals surface area contributed by atoms with Gasteiger partial charge in [-0.05, 0) is 77.7 Å². The zero-order valence-electron chi connectivity index (χ0n) is 22.3. The summed E-state index contributed by atoms with van der Waals surface area (Å²) < 4.78 is 22.0. The SMILES string of the molecule is CCCOc1ccc(C(=O)Oc2ccc(/C=N/NC(=O)COc3ccc(-c4ccccc4)cc3)cc2OC)cc1. The molecule has 0 fully saturated rings. The van der Waals surface area contributed by atoms with Crippen LogP contribution in [-0.4, -0.2) is 38.4 Å². The number of carbonyl (C=O) groups is 2. The minimum atomic E-state index is -0.524. The van der Waals surface area contributed by atoms with Crippen LogP contribution in [0, 0.1) is 0 Å². The summed E-state index contributed by atoms with van der Waals surface area (Å²) in [4.78, 5) is 24.7. The predicted molar refractivity (Wildman–Crippen MR) is 153 cm³/mol. The number of methoxy groups -OCH3 is 1. The molecule has 0 saturated heterocycles. The van der Waals surface area contributed by atoms with Crippen molar-refractivity contribution < 1.29 is 28.5 Å². The van der Waals surface area contributed by atoms with Crippen molar-refractivity contribution in [2.24, 2.45) is 5.10 Å². The van der Waals surface area contributed by atoms with Gasteiger partial charge in [0.1, 0.15) is 11.5 Å². The summed E-state index contributed by atoms with van der Waals surface area (Å²) in [6.07, 6.45) is 2.35. The number of amides is 1. The number of esters is 1.